The highest BCUT2D eigenvalue weighted by molar-refractivity contribution is 6.74. The molecule has 0 unspecified atom stereocenters. The highest BCUT2D eigenvalue weighted by Crippen LogP contribution is 2.13. The van der Waals surface area contributed by atoms with E-state index in [4.69, 9.17) is 9.57 Å². The average Bonchev–Trinajstić information content (AvgIpc) is 2.11. The normalized spacial score (nSPS) is 12.7. The molecule has 2 N–H and O–H groups in total. The van der Waals surface area contributed by atoms with Gasteiger partial charge < -0.3 is 14.7 Å². The van der Waals surface area contributed by atoms with Crippen LogP contribution in [0.5, 0.6) is 0 Å². The highest BCUT2D eigenvalue weighted by atomic mass is 16.7. The molecule has 0 saturated carbocycles. The van der Waals surface area contributed by atoms with Crippen LogP contribution in [0.15, 0.2) is 0 Å². The first kappa shape index (κ1) is 17.4. The van der Waals surface area contributed by atoms with Gasteiger partial charge in [-0.05, 0) is 48.0 Å². The average molecular weight is 259 g/mol. The minimum Gasteiger partial charge on any atom is -0.390 e. The summed E-state index contributed by atoms with van der Waals surface area (Å²) < 4.78 is 5.59. The maximum Gasteiger partial charge on any atom is 0.299 e. The molecular weight excluding hydrogens is 233 g/mol. The molecule has 18 heavy (non-hydrogen) atoms. The van der Waals surface area contributed by atoms with Crippen LogP contribution in [0.4, 0.5) is 4.79 Å². The van der Waals surface area contributed by atoms with Crippen molar-refractivity contribution in [1.29, 1.82) is 0 Å². The van der Waals surface area contributed by atoms with Crippen LogP contribution in [0, 0.1) is 0 Å². The summed E-state index contributed by atoms with van der Waals surface area (Å²) in [5.41, 5.74) is 1.25. The molecule has 0 radical (unpaired) electrons. The quantitative estimate of drug-likeness (QED) is 0.509. The van der Waals surface area contributed by atoms with E-state index in [1.807, 2.05) is 27.7 Å². The van der Waals surface area contributed by atoms with Crippen LogP contribution < -0.4 is 5.48 Å². The zero-order valence-corrected chi connectivity index (χ0v) is 12.4. The molecule has 6 heteroatoms. The number of nitrogens with one attached hydrogen (secondary N) is 1. The van der Waals surface area contributed by atoms with Crippen LogP contribution in [0.2, 0.25) is 0 Å². The van der Waals surface area contributed by atoms with Gasteiger partial charge in [-0.15, -0.1) is 0 Å². The van der Waals surface area contributed by atoms with E-state index >= 15 is 0 Å². The summed E-state index contributed by atoms with van der Waals surface area (Å²) in [7, 11) is 0.165. The lowest BCUT2D eigenvalue weighted by atomic mass is 9.62. The van der Waals surface area contributed by atoms with Gasteiger partial charge in [0.05, 0.1) is 5.60 Å². The second-order valence-corrected chi connectivity index (χ2v) is 6.09. The van der Waals surface area contributed by atoms with Crippen LogP contribution in [0.1, 0.15) is 48.0 Å². The summed E-state index contributed by atoms with van der Waals surface area (Å²) in [5.74, 6) is -0.350. The molecule has 0 saturated heterocycles. The molecule has 106 valence electrons. The molecule has 0 fully saturated rings. The van der Waals surface area contributed by atoms with E-state index in [0.29, 0.717) is 13.0 Å². The van der Waals surface area contributed by atoms with Gasteiger partial charge >= 0.3 is 0 Å². The van der Waals surface area contributed by atoms with Crippen LogP contribution in [-0.2, 0) is 9.57 Å². The molecule has 0 spiro atoms. The molecule has 0 aromatic heterocycles. The lowest BCUT2D eigenvalue weighted by molar-refractivity contribution is -0.00803. The van der Waals surface area contributed by atoms with Crippen molar-refractivity contribution in [3.63, 3.8) is 0 Å². The monoisotopic (exact) mass is 259 g/mol. The second-order valence-electron chi connectivity index (χ2n) is 6.09. The van der Waals surface area contributed by atoms with Crippen molar-refractivity contribution in [3.8, 4) is 0 Å². The Balaban J connectivity index is 3.95. The predicted octanol–water partition coefficient (Wildman–Crippen LogP) is 1.39. The Bertz CT molecular complexity index is 261. The van der Waals surface area contributed by atoms with Crippen molar-refractivity contribution < 1.29 is 19.5 Å². The van der Waals surface area contributed by atoms with E-state index in [9.17, 15) is 9.90 Å². The van der Waals surface area contributed by atoms with Gasteiger partial charge in [0.15, 0.2) is 0 Å². The number of carbonyl (C=O) groups excluding carboxylic acids is 1. The Labute approximate surface area is 110 Å². The highest BCUT2D eigenvalue weighted by Gasteiger charge is 2.27. The summed E-state index contributed by atoms with van der Waals surface area (Å²) >= 11 is 0. The maximum atomic E-state index is 11.5. The zero-order valence-electron chi connectivity index (χ0n) is 12.4. The Hall–Kier alpha value is -0.585. The number of rotatable bonds is 8. The lowest BCUT2D eigenvalue weighted by Gasteiger charge is -2.25. The van der Waals surface area contributed by atoms with Crippen molar-refractivity contribution in [3.05, 3.63) is 0 Å². The third-order valence-corrected chi connectivity index (χ3v) is 2.19. The molecule has 0 aliphatic heterocycles. The third kappa shape index (κ3) is 10.6. The van der Waals surface area contributed by atoms with Gasteiger partial charge in [-0.3, -0.25) is 4.79 Å². The topological polar surface area (TPSA) is 67.8 Å². The Kier molecular flexibility index (Phi) is 6.88. The summed E-state index contributed by atoms with van der Waals surface area (Å²) in [6, 6.07) is 0.0909. The molecule has 0 heterocycles. The second kappa shape index (κ2) is 7.11. The van der Waals surface area contributed by atoms with Crippen molar-refractivity contribution in [2.75, 3.05) is 6.61 Å². The molecule has 0 aromatic carbocycles. The fourth-order valence-electron chi connectivity index (χ4n) is 1.20. The predicted molar refractivity (Wildman–Crippen MR) is 72.8 cm³/mol. The number of hydroxylamine groups is 1. The molecule has 0 aliphatic carbocycles. The van der Waals surface area contributed by atoms with Crippen molar-refractivity contribution >= 4 is 13.1 Å². The minimum absolute atomic E-state index is 0.0909. The summed E-state index contributed by atoms with van der Waals surface area (Å²) in [5, 5.41) is 9.56. The minimum atomic E-state index is -0.754. The molecule has 0 rings (SSSR count). The van der Waals surface area contributed by atoms with Crippen molar-refractivity contribution in [1.82, 2.24) is 5.48 Å². The van der Waals surface area contributed by atoms with Crippen LogP contribution in [0.3, 0.4) is 0 Å². The Morgan fingerprint density at radius 2 is 1.89 bits per heavy atom. The van der Waals surface area contributed by atoms with Gasteiger partial charge in [0.2, 0.25) is 0 Å². The van der Waals surface area contributed by atoms with Gasteiger partial charge in [0.25, 0.3) is 13.1 Å². The largest absolute Gasteiger partial charge is 0.390 e. The first-order valence-electron chi connectivity index (χ1n) is 6.33. The molecule has 0 atom stereocenters. The maximum absolute atomic E-state index is 11.5. The smallest absolute Gasteiger partial charge is 0.299 e. The van der Waals surface area contributed by atoms with Gasteiger partial charge in [0.1, 0.15) is 0 Å². The lowest BCUT2D eigenvalue weighted by Crippen LogP contribution is -2.41. The summed E-state index contributed by atoms with van der Waals surface area (Å²) in [6.45, 7) is 11.3. The van der Waals surface area contributed by atoms with Crippen molar-refractivity contribution in [2.45, 2.75) is 65.1 Å². The fraction of sp³-hybridized carbons (Fsp3) is 0.917. The molecular formula is C12H26BNO4. The number of carbonyl (C=O) groups is 1. The van der Waals surface area contributed by atoms with Gasteiger partial charge in [-0.1, -0.05) is 0 Å². The molecule has 0 amide bonds. The zero-order chi connectivity index (χ0) is 14.4. The number of hydrogen-bond acceptors (Lipinski definition) is 5. The first-order valence-corrected chi connectivity index (χ1v) is 6.33. The van der Waals surface area contributed by atoms with E-state index in [2.05, 4.69) is 5.48 Å². The summed E-state index contributed by atoms with van der Waals surface area (Å²) in [4.78, 5) is 16.4. The van der Waals surface area contributed by atoms with E-state index in [1.165, 1.54) is 0 Å². The van der Waals surface area contributed by atoms with Gasteiger partial charge in [0, 0.05) is 18.1 Å². The summed E-state index contributed by atoms with van der Waals surface area (Å²) in [6.07, 6.45) is 0.524. The molecule has 0 aliphatic rings. The van der Waals surface area contributed by atoms with E-state index < -0.39 is 11.1 Å². The molecule has 0 bridgehead atoms. The fourth-order valence-corrected chi connectivity index (χ4v) is 1.20. The standard InChI is InChI=1S/C12H26BNO4/c1-9(2)14-18-10(15)13-12(5,6)17-8-7-11(3,4)16/h9,13-14,16H,7-8H2,1-6H3. The molecule has 0 aromatic rings. The Morgan fingerprint density at radius 3 is 2.33 bits per heavy atom. The van der Waals surface area contributed by atoms with E-state index in [0.717, 1.165) is 0 Å². The third-order valence-electron chi connectivity index (χ3n) is 2.19. The van der Waals surface area contributed by atoms with Gasteiger partial charge in [-0.25, -0.2) is 0 Å². The van der Waals surface area contributed by atoms with Crippen LogP contribution >= 0.6 is 0 Å². The van der Waals surface area contributed by atoms with Crippen LogP contribution in [0.25, 0.3) is 0 Å². The number of hydrogen-bond donors (Lipinski definition) is 2. The number of aliphatic hydroxyl groups is 1. The SMILES string of the molecule is CC(C)NOC(=O)BC(C)(C)OCCC(C)(C)O. The first-order chi connectivity index (χ1) is 8.02. The van der Waals surface area contributed by atoms with E-state index in [-0.39, 0.29) is 19.2 Å². The Morgan fingerprint density at radius 1 is 1.33 bits per heavy atom. The van der Waals surface area contributed by atoms with Gasteiger partial charge in [-0.2, -0.15) is 5.48 Å². The van der Waals surface area contributed by atoms with Crippen LogP contribution in [-0.4, -0.2) is 42.0 Å². The van der Waals surface area contributed by atoms with Crippen molar-refractivity contribution in [2.24, 2.45) is 0 Å². The molecule has 5 nitrogen and oxygen atoms in total. The number of ether oxygens (including phenoxy) is 1. The van der Waals surface area contributed by atoms with E-state index in [1.54, 1.807) is 13.8 Å².